The maximum absolute atomic E-state index is 13.2. The van der Waals surface area contributed by atoms with Crippen LogP contribution in [-0.4, -0.2) is 61.7 Å². The number of rotatable bonds is 4. The monoisotopic (exact) mass is 445 g/mol. The Hall–Kier alpha value is -3.59. The molecule has 162 valence electrons. The van der Waals surface area contributed by atoms with Crippen molar-refractivity contribution in [1.29, 1.82) is 0 Å². The van der Waals surface area contributed by atoms with E-state index in [4.69, 9.17) is 0 Å². The predicted octanol–water partition coefficient (Wildman–Crippen LogP) is 3.37. The number of amides is 1. The zero-order valence-electron chi connectivity index (χ0n) is 18.0. The summed E-state index contributed by atoms with van der Waals surface area (Å²) >= 11 is 1.47. The van der Waals surface area contributed by atoms with E-state index in [0.29, 0.717) is 26.2 Å². The summed E-state index contributed by atoms with van der Waals surface area (Å²) in [7, 11) is 0. The van der Waals surface area contributed by atoms with Crippen molar-refractivity contribution in [3.05, 3.63) is 71.3 Å². The SMILES string of the molecule is Cc1nc(-c2ccccc2)sc1C(=O)N1CCN(c2ccc(-n3ccnc3C)nn2)CC1. The number of piperazine rings is 1. The number of carbonyl (C=O) groups excluding carboxylic acids is 1. The molecule has 5 rings (SSSR count). The molecule has 32 heavy (non-hydrogen) atoms. The fourth-order valence-electron chi connectivity index (χ4n) is 3.82. The lowest BCUT2D eigenvalue weighted by Crippen LogP contribution is -2.49. The number of thiazole rings is 1. The first-order valence-corrected chi connectivity index (χ1v) is 11.3. The zero-order chi connectivity index (χ0) is 22.1. The highest BCUT2D eigenvalue weighted by Gasteiger charge is 2.26. The fraction of sp³-hybridized carbons (Fsp3) is 0.261. The number of hydrogen-bond acceptors (Lipinski definition) is 7. The number of hydrogen-bond donors (Lipinski definition) is 0. The van der Waals surface area contributed by atoms with Crippen LogP contribution in [0.3, 0.4) is 0 Å². The van der Waals surface area contributed by atoms with E-state index in [2.05, 4.69) is 25.1 Å². The Balaban J connectivity index is 1.24. The molecule has 0 aliphatic carbocycles. The van der Waals surface area contributed by atoms with Gasteiger partial charge in [0.05, 0.1) is 5.69 Å². The van der Waals surface area contributed by atoms with Gasteiger partial charge < -0.3 is 9.80 Å². The number of aryl methyl sites for hydroxylation is 2. The molecule has 4 aromatic rings. The molecule has 1 saturated heterocycles. The average Bonchev–Trinajstić information content (AvgIpc) is 3.45. The van der Waals surface area contributed by atoms with Crippen LogP contribution in [-0.2, 0) is 0 Å². The van der Waals surface area contributed by atoms with E-state index in [0.717, 1.165) is 38.6 Å². The van der Waals surface area contributed by atoms with Crippen LogP contribution in [0.15, 0.2) is 54.9 Å². The standard InChI is InChI=1S/C23H23N7OS/c1-16-21(32-22(25-16)18-6-4-3-5-7-18)23(31)29-14-12-28(13-15-29)19-8-9-20(27-26-19)30-11-10-24-17(30)2/h3-11H,12-15H2,1-2H3. The van der Waals surface area contributed by atoms with Gasteiger partial charge in [-0.2, -0.15) is 0 Å². The van der Waals surface area contributed by atoms with Gasteiger partial charge in [0.25, 0.3) is 5.91 Å². The van der Waals surface area contributed by atoms with Crippen molar-refractivity contribution in [2.75, 3.05) is 31.1 Å². The second kappa shape index (κ2) is 8.51. The lowest BCUT2D eigenvalue weighted by molar-refractivity contribution is 0.0750. The quantitative estimate of drug-likeness (QED) is 0.479. The second-order valence-electron chi connectivity index (χ2n) is 7.67. The molecule has 4 heterocycles. The van der Waals surface area contributed by atoms with Crippen molar-refractivity contribution in [1.82, 2.24) is 29.6 Å². The van der Waals surface area contributed by atoms with Crippen molar-refractivity contribution in [2.45, 2.75) is 13.8 Å². The van der Waals surface area contributed by atoms with Gasteiger partial charge in [-0.1, -0.05) is 30.3 Å². The summed E-state index contributed by atoms with van der Waals surface area (Å²) in [5, 5.41) is 9.62. The first kappa shape index (κ1) is 20.3. The van der Waals surface area contributed by atoms with Gasteiger partial charge in [-0.25, -0.2) is 9.97 Å². The van der Waals surface area contributed by atoms with Crippen LogP contribution in [0.25, 0.3) is 16.4 Å². The highest BCUT2D eigenvalue weighted by Crippen LogP contribution is 2.29. The third-order valence-electron chi connectivity index (χ3n) is 5.61. The van der Waals surface area contributed by atoms with Gasteiger partial charge >= 0.3 is 0 Å². The summed E-state index contributed by atoms with van der Waals surface area (Å²) in [5.74, 6) is 2.48. The highest BCUT2D eigenvalue weighted by atomic mass is 32.1. The van der Waals surface area contributed by atoms with Crippen molar-refractivity contribution >= 4 is 23.1 Å². The summed E-state index contributed by atoms with van der Waals surface area (Å²) in [6, 6.07) is 13.9. The van der Waals surface area contributed by atoms with E-state index < -0.39 is 0 Å². The Morgan fingerprint density at radius 3 is 2.31 bits per heavy atom. The van der Waals surface area contributed by atoms with Gasteiger partial charge in [-0.3, -0.25) is 9.36 Å². The number of benzene rings is 1. The maximum atomic E-state index is 13.2. The molecule has 0 saturated carbocycles. The first-order valence-electron chi connectivity index (χ1n) is 10.5. The third-order valence-corrected chi connectivity index (χ3v) is 6.81. The number of carbonyl (C=O) groups is 1. The van der Waals surface area contributed by atoms with Gasteiger partial charge in [0, 0.05) is 44.1 Å². The van der Waals surface area contributed by atoms with E-state index in [1.54, 1.807) is 6.20 Å². The lowest BCUT2D eigenvalue weighted by atomic mass is 10.2. The Morgan fingerprint density at radius 2 is 1.66 bits per heavy atom. The molecular weight excluding hydrogens is 422 g/mol. The molecule has 0 N–H and O–H groups in total. The van der Waals surface area contributed by atoms with Gasteiger partial charge in [0.15, 0.2) is 11.6 Å². The molecule has 9 heteroatoms. The number of aromatic nitrogens is 5. The predicted molar refractivity (Wildman–Crippen MR) is 124 cm³/mol. The molecule has 3 aromatic heterocycles. The topological polar surface area (TPSA) is 80.0 Å². The molecule has 0 spiro atoms. The van der Waals surface area contributed by atoms with Crippen LogP contribution in [0.1, 0.15) is 21.2 Å². The second-order valence-corrected chi connectivity index (χ2v) is 8.67. The molecule has 1 aliphatic rings. The molecule has 0 radical (unpaired) electrons. The van der Waals surface area contributed by atoms with Crippen LogP contribution in [0.2, 0.25) is 0 Å². The Labute approximate surface area is 190 Å². The van der Waals surface area contributed by atoms with Gasteiger partial charge in [0.1, 0.15) is 15.7 Å². The number of imidazole rings is 1. The molecule has 1 amide bonds. The van der Waals surface area contributed by atoms with E-state index in [1.807, 2.05) is 72.0 Å². The smallest absolute Gasteiger partial charge is 0.265 e. The molecule has 0 bridgehead atoms. The molecular formula is C23H23N7OS. The van der Waals surface area contributed by atoms with Crippen LogP contribution in [0, 0.1) is 13.8 Å². The molecule has 0 atom stereocenters. The fourth-order valence-corrected chi connectivity index (χ4v) is 4.86. The number of nitrogens with zero attached hydrogens (tertiary/aromatic N) is 7. The van der Waals surface area contributed by atoms with Crippen molar-refractivity contribution in [3.8, 4) is 16.4 Å². The van der Waals surface area contributed by atoms with Gasteiger partial charge in [0.2, 0.25) is 0 Å². The Morgan fingerprint density at radius 1 is 0.938 bits per heavy atom. The average molecular weight is 446 g/mol. The Kier molecular flexibility index (Phi) is 5.40. The van der Waals surface area contributed by atoms with Crippen molar-refractivity contribution in [2.24, 2.45) is 0 Å². The van der Waals surface area contributed by atoms with Crippen LogP contribution >= 0.6 is 11.3 Å². The van der Waals surface area contributed by atoms with E-state index in [9.17, 15) is 4.79 Å². The molecule has 8 nitrogen and oxygen atoms in total. The van der Waals surface area contributed by atoms with Crippen LogP contribution in [0.4, 0.5) is 5.82 Å². The van der Waals surface area contributed by atoms with Gasteiger partial charge in [-0.05, 0) is 26.0 Å². The van der Waals surface area contributed by atoms with Crippen LogP contribution in [0.5, 0.6) is 0 Å². The lowest BCUT2D eigenvalue weighted by Gasteiger charge is -2.35. The van der Waals surface area contributed by atoms with Crippen molar-refractivity contribution in [3.63, 3.8) is 0 Å². The number of anilines is 1. The van der Waals surface area contributed by atoms with Crippen molar-refractivity contribution < 1.29 is 4.79 Å². The normalized spacial score (nSPS) is 14.1. The maximum Gasteiger partial charge on any atom is 0.265 e. The summed E-state index contributed by atoms with van der Waals surface area (Å²) in [6.45, 7) is 6.55. The minimum Gasteiger partial charge on any atom is -0.352 e. The largest absolute Gasteiger partial charge is 0.352 e. The molecule has 0 unspecified atom stereocenters. The molecule has 1 aliphatic heterocycles. The summed E-state index contributed by atoms with van der Waals surface area (Å²) in [4.78, 5) is 26.8. The van der Waals surface area contributed by atoms with E-state index in [1.165, 1.54) is 11.3 Å². The zero-order valence-corrected chi connectivity index (χ0v) is 18.8. The highest BCUT2D eigenvalue weighted by molar-refractivity contribution is 7.17. The van der Waals surface area contributed by atoms with E-state index in [-0.39, 0.29) is 5.91 Å². The minimum absolute atomic E-state index is 0.0545. The third kappa shape index (κ3) is 3.87. The Bertz CT molecular complexity index is 1220. The molecule has 1 aromatic carbocycles. The summed E-state index contributed by atoms with van der Waals surface area (Å²) < 4.78 is 1.90. The minimum atomic E-state index is 0.0545. The van der Waals surface area contributed by atoms with Crippen LogP contribution < -0.4 is 4.90 Å². The summed E-state index contributed by atoms with van der Waals surface area (Å²) in [5.41, 5.74) is 1.83. The molecule has 1 fully saturated rings. The summed E-state index contributed by atoms with van der Waals surface area (Å²) in [6.07, 6.45) is 3.61. The van der Waals surface area contributed by atoms with Gasteiger partial charge in [-0.15, -0.1) is 21.5 Å². The first-order chi connectivity index (χ1) is 15.6. The van der Waals surface area contributed by atoms with E-state index >= 15 is 0 Å².